The number of ether oxygens (including phenoxy) is 4. The maximum atomic E-state index is 13.0. The molecule has 1 aromatic carbocycles. The molecule has 2 aromatic rings. The number of nitrogens with one attached hydrogen (secondary N) is 1. The molecule has 1 aliphatic heterocycles. The highest BCUT2D eigenvalue weighted by atomic mass is 16.6. The minimum absolute atomic E-state index is 0.205. The van der Waals surface area contributed by atoms with E-state index >= 15 is 0 Å². The van der Waals surface area contributed by atoms with Crippen LogP contribution in [0.3, 0.4) is 0 Å². The van der Waals surface area contributed by atoms with E-state index in [1.54, 1.807) is 11.6 Å². The molecule has 1 saturated heterocycles. The fourth-order valence-electron chi connectivity index (χ4n) is 4.14. The summed E-state index contributed by atoms with van der Waals surface area (Å²) < 4.78 is 24.2. The predicted octanol–water partition coefficient (Wildman–Crippen LogP) is 0.401. The van der Waals surface area contributed by atoms with Crippen LogP contribution in [0.25, 0.3) is 11.0 Å². The third-order valence-corrected chi connectivity index (χ3v) is 5.78. The Balaban J connectivity index is 1.38. The molecule has 1 fully saturated rings. The van der Waals surface area contributed by atoms with Crippen LogP contribution in [0, 0.1) is 0 Å². The number of para-hydroxylation sites is 1. The molecule has 0 spiro atoms. The third kappa shape index (κ3) is 7.47. The number of piperidine rings is 1. The van der Waals surface area contributed by atoms with Crippen LogP contribution < -0.4 is 11.0 Å². The summed E-state index contributed by atoms with van der Waals surface area (Å²) in [5.41, 5.74) is 2.17. The first-order chi connectivity index (χ1) is 17.4. The molecule has 1 unspecified atom stereocenters. The summed E-state index contributed by atoms with van der Waals surface area (Å²) in [4.78, 5) is 47.1. The quantitative estimate of drug-likeness (QED) is 0.243. The van der Waals surface area contributed by atoms with Gasteiger partial charge < -0.3 is 24.1 Å². The number of carbonyl (C=O) groups excluding carboxylic acids is 2. The molecule has 1 aromatic heterocycles. The van der Waals surface area contributed by atoms with Crippen LogP contribution in [0.1, 0.15) is 30.9 Å². The second-order valence-corrected chi connectivity index (χ2v) is 8.35. The summed E-state index contributed by atoms with van der Waals surface area (Å²) in [7, 11) is 1.69. The Morgan fingerprint density at radius 1 is 1.00 bits per heavy atom. The molecule has 0 aliphatic carbocycles. The van der Waals surface area contributed by atoms with Gasteiger partial charge in [-0.1, -0.05) is 12.1 Å². The number of imidazole rings is 1. The third-order valence-electron chi connectivity index (χ3n) is 5.78. The van der Waals surface area contributed by atoms with Crippen molar-refractivity contribution in [1.82, 2.24) is 14.5 Å². The highest BCUT2D eigenvalue weighted by Crippen LogP contribution is 2.25. The Morgan fingerprint density at radius 3 is 2.28 bits per heavy atom. The van der Waals surface area contributed by atoms with Crippen LogP contribution in [0.15, 0.2) is 23.0 Å². The van der Waals surface area contributed by atoms with Crippen LogP contribution in [0.2, 0.25) is 0 Å². The molecule has 2 heterocycles. The van der Waals surface area contributed by atoms with E-state index in [1.807, 2.05) is 18.2 Å². The number of aryl methyl sites for hydroxylation is 2. The van der Waals surface area contributed by atoms with Crippen molar-refractivity contribution < 1.29 is 38.4 Å². The van der Waals surface area contributed by atoms with E-state index in [9.17, 15) is 19.2 Å². The van der Waals surface area contributed by atoms with Gasteiger partial charge in [0.2, 0.25) is 11.8 Å². The second-order valence-electron chi connectivity index (χ2n) is 8.35. The maximum Gasteiger partial charge on any atom is 0.329 e. The van der Waals surface area contributed by atoms with Gasteiger partial charge in [-0.25, -0.2) is 9.59 Å². The van der Waals surface area contributed by atoms with Crippen molar-refractivity contribution in [3.05, 3.63) is 34.2 Å². The molecule has 0 bridgehead atoms. The lowest BCUT2D eigenvalue weighted by atomic mass is 10.0. The molecular weight excluding hydrogens is 474 g/mol. The van der Waals surface area contributed by atoms with E-state index < -0.39 is 17.9 Å². The molecule has 0 saturated carbocycles. The van der Waals surface area contributed by atoms with Crippen molar-refractivity contribution in [3.8, 4) is 0 Å². The summed E-state index contributed by atoms with van der Waals surface area (Å²) in [5.74, 6) is -1.77. The number of carboxylic acids is 1. The predicted molar refractivity (Wildman–Crippen MR) is 128 cm³/mol. The van der Waals surface area contributed by atoms with Gasteiger partial charge in [-0.2, -0.15) is 0 Å². The molecule has 36 heavy (non-hydrogen) atoms. The van der Waals surface area contributed by atoms with E-state index in [0.29, 0.717) is 58.0 Å². The molecular formula is C24H33N3O9. The number of amides is 2. The number of carbonyl (C=O) groups is 3. The highest BCUT2D eigenvalue weighted by Gasteiger charge is 2.31. The monoisotopic (exact) mass is 507 g/mol. The SMILES string of the molecule is Cn1c(=O)n(C2CCC(=O)NC2=O)c2cccc(CCCOCCOCCOCCOCC(=O)O)c21. The Kier molecular flexibility index (Phi) is 10.6. The van der Waals surface area contributed by atoms with Crippen LogP contribution in [0.4, 0.5) is 0 Å². The van der Waals surface area contributed by atoms with E-state index in [0.717, 1.165) is 17.5 Å². The van der Waals surface area contributed by atoms with Crippen molar-refractivity contribution in [2.24, 2.45) is 7.05 Å². The molecule has 1 aliphatic rings. The van der Waals surface area contributed by atoms with Gasteiger partial charge in [-0.3, -0.25) is 24.0 Å². The fourth-order valence-corrected chi connectivity index (χ4v) is 4.14. The largest absolute Gasteiger partial charge is 0.480 e. The topological polar surface area (TPSA) is 147 Å². The summed E-state index contributed by atoms with van der Waals surface area (Å²) in [6, 6.07) is 4.96. The zero-order valence-electron chi connectivity index (χ0n) is 20.4. The van der Waals surface area contributed by atoms with Gasteiger partial charge in [0.05, 0.1) is 50.7 Å². The number of hydrogen-bond acceptors (Lipinski definition) is 8. The van der Waals surface area contributed by atoms with Gasteiger partial charge in [0.1, 0.15) is 12.6 Å². The number of aromatic nitrogens is 2. The van der Waals surface area contributed by atoms with Crippen molar-refractivity contribution in [2.45, 2.75) is 31.7 Å². The van der Waals surface area contributed by atoms with Crippen LogP contribution in [-0.4, -0.2) is 84.9 Å². The summed E-state index contributed by atoms with van der Waals surface area (Å²) in [5, 5.41) is 10.8. The molecule has 1 atom stereocenters. The average Bonchev–Trinajstić information content (AvgIpc) is 3.09. The Hall–Kier alpha value is -3.06. The van der Waals surface area contributed by atoms with Gasteiger partial charge >= 0.3 is 11.7 Å². The van der Waals surface area contributed by atoms with Gasteiger partial charge in [0.15, 0.2) is 0 Å². The molecule has 198 valence electrons. The Bertz CT molecular complexity index is 1110. The van der Waals surface area contributed by atoms with Gasteiger partial charge in [0, 0.05) is 20.1 Å². The number of imide groups is 1. The number of benzene rings is 1. The van der Waals surface area contributed by atoms with Gasteiger partial charge in [-0.15, -0.1) is 0 Å². The number of rotatable bonds is 16. The zero-order valence-corrected chi connectivity index (χ0v) is 20.4. The number of carboxylic acid groups (broad SMARTS) is 1. The molecule has 2 amide bonds. The Labute approximate surface area is 208 Å². The highest BCUT2D eigenvalue weighted by molar-refractivity contribution is 6.00. The van der Waals surface area contributed by atoms with E-state index in [4.69, 9.17) is 24.1 Å². The van der Waals surface area contributed by atoms with Crippen molar-refractivity contribution >= 4 is 28.8 Å². The van der Waals surface area contributed by atoms with E-state index in [-0.39, 0.29) is 31.2 Å². The zero-order chi connectivity index (χ0) is 25.9. The normalized spacial score (nSPS) is 16.0. The van der Waals surface area contributed by atoms with Crippen molar-refractivity contribution in [3.63, 3.8) is 0 Å². The molecule has 0 radical (unpaired) electrons. The van der Waals surface area contributed by atoms with Gasteiger partial charge in [0.25, 0.3) is 0 Å². The number of aliphatic carboxylic acids is 1. The maximum absolute atomic E-state index is 13.0. The first-order valence-electron chi connectivity index (χ1n) is 12.0. The smallest absolute Gasteiger partial charge is 0.329 e. The minimum Gasteiger partial charge on any atom is -0.480 e. The molecule has 3 rings (SSSR count). The lowest BCUT2D eigenvalue weighted by molar-refractivity contribution is -0.143. The van der Waals surface area contributed by atoms with E-state index in [1.165, 1.54) is 4.57 Å². The number of fused-ring (bicyclic) bond motifs is 1. The van der Waals surface area contributed by atoms with Gasteiger partial charge in [-0.05, 0) is 30.9 Å². The Morgan fingerprint density at radius 2 is 1.64 bits per heavy atom. The second kappa shape index (κ2) is 13.9. The summed E-state index contributed by atoms with van der Waals surface area (Å²) >= 11 is 0. The first-order valence-corrected chi connectivity index (χ1v) is 12.0. The number of nitrogens with zero attached hydrogens (tertiary/aromatic N) is 2. The van der Waals surface area contributed by atoms with E-state index in [2.05, 4.69) is 5.32 Å². The summed E-state index contributed by atoms with van der Waals surface area (Å²) in [6.45, 7) is 2.38. The average molecular weight is 508 g/mol. The lowest BCUT2D eigenvalue weighted by Crippen LogP contribution is -2.44. The molecule has 12 nitrogen and oxygen atoms in total. The lowest BCUT2D eigenvalue weighted by Gasteiger charge is -2.21. The summed E-state index contributed by atoms with van der Waals surface area (Å²) in [6.07, 6.45) is 1.95. The van der Waals surface area contributed by atoms with Crippen LogP contribution in [0.5, 0.6) is 0 Å². The molecule has 2 N–H and O–H groups in total. The molecule has 12 heteroatoms. The number of hydrogen-bond donors (Lipinski definition) is 2. The fraction of sp³-hybridized carbons (Fsp3) is 0.583. The first kappa shape index (κ1) is 27.5. The van der Waals surface area contributed by atoms with Crippen molar-refractivity contribution in [1.29, 1.82) is 0 Å². The van der Waals surface area contributed by atoms with Crippen LogP contribution >= 0.6 is 0 Å². The standard InChI is InChI=1S/C24H33N3O9/c1-26-22-17(5-3-9-33-10-11-34-12-13-35-14-15-36-16-21(29)30)4-2-6-18(22)27(24(26)32)19-7-8-20(28)25-23(19)31/h2,4,6,19H,3,5,7-16H2,1H3,(H,29,30)(H,25,28,31). The van der Waals surface area contributed by atoms with Crippen LogP contribution in [-0.2, 0) is 46.8 Å². The van der Waals surface area contributed by atoms with Crippen molar-refractivity contribution in [2.75, 3.05) is 52.9 Å². The minimum atomic E-state index is -1.01.